The molecule has 0 aromatic heterocycles. The standard InChI is InChI=1S/C15H20F2N2O3S/c1-10(2)23(21,22)8-11-4-3-5-12(6-11)19-14(20)13-7-15(16,17)9-18-13/h3-6,10,13,18H,7-9H2,1-2H3,(H,19,20). The Kier molecular flexibility index (Phi) is 5.05. The SMILES string of the molecule is CC(C)S(=O)(=O)Cc1cccc(NC(=O)C2CC(F)(F)CN2)c1. The number of amides is 1. The summed E-state index contributed by atoms with van der Waals surface area (Å²) in [6, 6.07) is 5.46. The molecular weight excluding hydrogens is 326 g/mol. The van der Waals surface area contributed by atoms with Crippen LogP contribution in [0.4, 0.5) is 14.5 Å². The maximum atomic E-state index is 13.1. The maximum Gasteiger partial charge on any atom is 0.262 e. The average molecular weight is 346 g/mol. The van der Waals surface area contributed by atoms with Gasteiger partial charge in [-0.1, -0.05) is 12.1 Å². The van der Waals surface area contributed by atoms with E-state index in [0.717, 1.165) is 0 Å². The van der Waals surface area contributed by atoms with Gasteiger partial charge < -0.3 is 5.32 Å². The zero-order chi connectivity index (χ0) is 17.3. The minimum absolute atomic E-state index is 0.131. The minimum Gasteiger partial charge on any atom is -0.325 e. The van der Waals surface area contributed by atoms with E-state index < -0.39 is 45.9 Å². The van der Waals surface area contributed by atoms with Gasteiger partial charge in [0.25, 0.3) is 5.92 Å². The van der Waals surface area contributed by atoms with Crippen molar-refractivity contribution in [3.8, 4) is 0 Å². The third kappa shape index (κ3) is 4.71. The van der Waals surface area contributed by atoms with Gasteiger partial charge in [0, 0.05) is 12.1 Å². The van der Waals surface area contributed by atoms with Crippen LogP contribution in [0.1, 0.15) is 25.8 Å². The lowest BCUT2D eigenvalue weighted by atomic mass is 10.1. The van der Waals surface area contributed by atoms with Crippen LogP contribution in [0.15, 0.2) is 24.3 Å². The van der Waals surface area contributed by atoms with Crippen molar-refractivity contribution >= 4 is 21.4 Å². The molecule has 1 aliphatic rings. The van der Waals surface area contributed by atoms with Gasteiger partial charge in [-0.2, -0.15) is 0 Å². The van der Waals surface area contributed by atoms with Gasteiger partial charge in [0.15, 0.2) is 9.84 Å². The number of anilines is 1. The van der Waals surface area contributed by atoms with E-state index in [9.17, 15) is 22.0 Å². The molecule has 1 amide bonds. The van der Waals surface area contributed by atoms with Gasteiger partial charge in [-0.15, -0.1) is 0 Å². The second-order valence-corrected chi connectivity index (χ2v) is 8.60. The molecule has 1 atom stereocenters. The lowest BCUT2D eigenvalue weighted by molar-refractivity contribution is -0.118. The first-order chi connectivity index (χ1) is 10.6. The molecule has 2 N–H and O–H groups in total. The Morgan fingerprint density at radius 2 is 2.13 bits per heavy atom. The molecule has 2 rings (SSSR count). The molecule has 23 heavy (non-hydrogen) atoms. The Morgan fingerprint density at radius 3 is 2.70 bits per heavy atom. The van der Waals surface area contributed by atoms with Crippen molar-refractivity contribution in [3.63, 3.8) is 0 Å². The van der Waals surface area contributed by atoms with Crippen LogP contribution in [0.5, 0.6) is 0 Å². The summed E-state index contributed by atoms with van der Waals surface area (Å²) < 4.78 is 50.1. The molecule has 0 radical (unpaired) electrons. The quantitative estimate of drug-likeness (QED) is 0.854. The second-order valence-electron chi connectivity index (χ2n) is 6.04. The highest BCUT2D eigenvalue weighted by atomic mass is 32.2. The zero-order valence-electron chi connectivity index (χ0n) is 13.0. The number of hydrogen-bond donors (Lipinski definition) is 2. The van der Waals surface area contributed by atoms with Crippen LogP contribution in [-0.2, 0) is 20.4 Å². The van der Waals surface area contributed by atoms with Gasteiger partial charge >= 0.3 is 0 Å². The average Bonchev–Trinajstić information content (AvgIpc) is 2.79. The van der Waals surface area contributed by atoms with E-state index >= 15 is 0 Å². The molecule has 8 heteroatoms. The molecular formula is C15H20F2N2O3S. The fourth-order valence-corrected chi connectivity index (χ4v) is 3.25. The van der Waals surface area contributed by atoms with Crippen molar-refractivity contribution in [3.05, 3.63) is 29.8 Å². The number of hydrogen-bond acceptors (Lipinski definition) is 4. The highest BCUT2D eigenvalue weighted by Crippen LogP contribution is 2.26. The van der Waals surface area contributed by atoms with E-state index in [4.69, 9.17) is 0 Å². The number of halogens is 2. The molecule has 0 spiro atoms. The van der Waals surface area contributed by atoms with Gasteiger partial charge in [-0.3, -0.25) is 10.1 Å². The summed E-state index contributed by atoms with van der Waals surface area (Å²) >= 11 is 0. The Morgan fingerprint density at radius 1 is 1.43 bits per heavy atom. The van der Waals surface area contributed by atoms with Crippen LogP contribution in [0.2, 0.25) is 0 Å². The lowest BCUT2D eigenvalue weighted by Crippen LogP contribution is -2.35. The third-order valence-electron chi connectivity index (χ3n) is 3.71. The van der Waals surface area contributed by atoms with Crippen molar-refractivity contribution in [1.82, 2.24) is 5.32 Å². The molecule has 1 aromatic rings. The number of carbonyl (C=O) groups excluding carboxylic acids is 1. The molecule has 1 saturated heterocycles. The first kappa shape index (κ1) is 17.8. The normalized spacial score (nSPS) is 20.7. The molecule has 128 valence electrons. The number of benzene rings is 1. The van der Waals surface area contributed by atoms with Gasteiger partial charge in [-0.25, -0.2) is 17.2 Å². The van der Waals surface area contributed by atoms with E-state index in [1.165, 1.54) is 0 Å². The fraction of sp³-hybridized carbons (Fsp3) is 0.533. The number of nitrogens with one attached hydrogen (secondary N) is 2. The van der Waals surface area contributed by atoms with E-state index in [1.807, 2.05) is 0 Å². The third-order valence-corrected chi connectivity index (χ3v) is 5.88. The first-order valence-corrected chi connectivity index (χ1v) is 9.03. The summed E-state index contributed by atoms with van der Waals surface area (Å²) in [6.07, 6.45) is -0.541. The number of sulfone groups is 1. The maximum absolute atomic E-state index is 13.1. The lowest BCUT2D eigenvalue weighted by Gasteiger charge is -2.13. The van der Waals surface area contributed by atoms with Crippen LogP contribution in [0, 0.1) is 0 Å². The van der Waals surface area contributed by atoms with Crippen LogP contribution in [0.3, 0.4) is 0 Å². The highest BCUT2D eigenvalue weighted by Gasteiger charge is 2.42. The van der Waals surface area contributed by atoms with Gasteiger partial charge in [0.05, 0.1) is 23.6 Å². The predicted octanol–water partition coefficient (Wildman–Crippen LogP) is 1.95. The number of carbonyl (C=O) groups is 1. The summed E-state index contributed by atoms with van der Waals surface area (Å²) in [5.41, 5.74) is 0.935. The highest BCUT2D eigenvalue weighted by molar-refractivity contribution is 7.91. The summed E-state index contributed by atoms with van der Waals surface area (Å²) in [7, 11) is -3.25. The zero-order valence-corrected chi connectivity index (χ0v) is 13.8. The van der Waals surface area contributed by atoms with Crippen LogP contribution in [0.25, 0.3) is 0 Å². The van der Waals surface area contributed by atoms with Crippen molar-refractivity contribution in [2.24, 2.45) is 0 Å². The van der Waals surface area contributed by atoms with Crippen molar-refractivity contribution in [2.45, 2.75) is 43.2 Å². The van der Waals surface area contributed by atoms with Crippen LogP contribution >= 0.6 is 0 Å². The van der Waals surface area contributed by atoms with Crippen molar-refractivity contribution in [1.29, 1.82) is 0 Å². The monoisotopic (exact) mass is 346 g/mol. The van der Waals surface area contributed by atoms with Crippen LogP contribution in [-0.4, -0.2) is 38.1 Å². The van der Waals surface area contributed by atoms with Gasteiger partial charge in [0.1, 0.15) is 0 Å². The van der Waals surface area contributed by atoms with E-state index in [2.05, 4.69) is 10.6 Å². The molecule has 1 aromatic carbocycles. The molecule has 1 unspecified atom stereocenters. The molecule has 1 fully saturated rings. The predicted molar refractivity (Wildman–Crippen MR) is 84.2 cm³/mol. The Labute approximate surface area is 134 Å². The molecule has 0 saturated carbocycles. The van der Waals surface area contributed by atoms with Gasteiger partial charge in [0.2, 0.25) is 5.91 Å². The van der Waals surface area contributed by atoms with Crippen LogP contribution < -0.4 is 10.6 Å². The van der Waals surface area contributed by atoms with E-state index in [0.29, 0.717) is 11.3 Å². The summed E-state index contributed by atoms with van der Waals surface area (Å²) in [6.45, 7) is 2.69. The Hall–Kier alpha value is -1.54. The topological polar surface area (TPSA) is 75.3 Å². The second kappa shape index (κ2) is 6.52. The Bertz CT molecular complexity index is 690. The fourth-order valence-electron chi connectivity index (χ4n) is 2.27. The molecule has 0 aliphatic carbocycles. The smallest absolute Gasteiger partial charge is 0.262 e. The Balaban J connectivity index is 2.04. The largest absolute Gasteiger partial charge is 0.325 e. The van der Waals surface area contributed by atoms with E-state index in [-0.39, 0.29) is 5.75 Å². The number of alkyl halides is 2. The van der Waals surface area contributed by atoms with Crippen molar-refractivity contribution in [2.75, 3.05) is 11.9 Å². The van der Waals surface area contributed by atoms with E-state index in [1.54, 1.807) is 38.1 Å². The summed E-state index contributed by atoms with van der Waals surface area (Å²) in [5.74, 6) is -3.56. The summed E-state index contributed by atoms with van der Waals surface area (Å²) in [5, 5.41) is 4.53. The van der Waals surface area contributed by atoms with Crippen molar-refractivity contribution < 1.29 is 22.0 Å². The first-order valence-electron chi connectivity index (χ1n) is 7.32. The summed E-state index contributed by atoms with van der Waals surface area (Å²) in [4.78, 5) is 12.0. The molecule has 0 bridgehead atoms. The molecule has 5 nitrogen and oxygen atoms in total. The van der Waals surface area contributed by atoms with Gasteiger partial charge in [-0.05, 0) is 31.5 Å². The molecule has 1 aliphatic heterocycles. The molecule has 1 heterocycles. The number of rotatable bonds is 5. The minimum atomic E-state index is -3.25.